The number of aliphatic hydroxyl groups excluding tert-OH is 1. The van der Waals surface area contributed by atoms with E-state index < -0.39 is 75.9 Å². The van der Waals surface area contributed by atoms with Gasteiger partial charge in [0.15, 0.2) is 17.5 Å². The largest absolute Gasteiger partial charge is 0.462 e. The van der Waals surface area contributed by atoms with Crippen molar-refractivity contribution in [3.8, 4) is 0 Å². The number of carbonyl (C=O) groups excluding carboxylic acids is 4. The van der Waals surface area contributed by atoms with E-state index in [0.29, 0.717) is 17.6 Å². The SMILES string of the molecule is CC(=O)O[C@H]1C(=O)[C@@]2(C)C(C(COC(=O)c3ccccc3)[C@]3(O)CCC(C)=C1C3(C)C)[C@]1(OC(C)=O)CO[C@@H]1C[C@@H]2O. The smallest absolute Gasteiger partial charge is 0.338 e. The summed E-state index contributed by atoms with van der Waals surface area (Å²) in [5.41, 5.74) is -4.31. The Bertz CT molecular complexity index is 1330. The van der Waals surface area contributed by atoms with Crippen LogP contribution in [-0.2, 0) is 33.3 Å². The first-order valence-corrected chi connectivity index (χ1v) is 14.5. The Labute approximate surface area is 245 Å². The third-order valence-electron chi connectivity index (χ3n) is 10.5. The number of benzene rings is 1. The van der Waals surface area contributed by atoms with E-state index in [1.54, 1.807) is 51.1 Å². The van der Waals surface area contributed by atoms with Crippen molar-refractivity contribution in [3.63, 3.8) is 0 Å². The second kappa shape index (κ2) is 10.3. The average molecular weight is 585 g/mol. The maximum Gasteiger partial charge on any atom is 0.338 e. The lowest BCUT2D eigenvalue weighted by molar-refractivity contribution is -0.341. The predicted octanol–water partition coefficient (Wildman–Crippen LogP) is 2.93. The van der Waals surface area contributed by atoms with Gasteiger partial charge in [-0.25, -0.2) is 4.79 Å². The van der Waals surface area contributed by atoms with Crippen LogP contribution in [0.3, 0.4) is 0 Å². The molecule has 8 atom stereocenters. The molecule has 42 heavy (non-hydrogen) atoms. The molecule has 1 aromatic carbocycles. The Morgan fingerprint density at radius 3 is 2.31 bits per heavy atom. The first-order valence-electron chi connectivity index (χ1n) is 14.5. The van der Waals surface area contributed by atoms with Crippen LogP contribution in [0.2, 0.25) is 0 Å². The van der Waals surface area contributed by atoms with Gasteiger partial charge in [0, 0.05) is 37.5 Å². The van der Waals surface area contributed by atoms with Gasteiger partial charge in [-0.05, 0) is 44.4 Å². The Balaban J connectivity index is 1.75. The van der Waals surface area contributed by atoms with E-state index in [1.165, 1.54) is 13.8 Å². The first-order chi connectivity index (χ1) is 19.6. The summed E-state index contributed by atoms with van der Waals surface area (Å²) in [6.45, 7) is 9.06. The first kappa shape index (κ1) is 30.4. The van der Waals surface area contributed by atoms with Gasteiger partial charge >= 0.3 is 17.9 Å². The molecule has 0 radical (unpaired) electrons. The summed E-state index contributed by atoms with van der Waals surface area (Å²) >= 11 is 0. The monoisotopic (exact) mass is 584 g/mol. The zero-order valence-corrected chi connectivity index (χ0v) is 25.0. The van der Waals surface area contributed by atoms with E-state index in [4.69, 9.17) is 18.9 Å². The van der Waals surface area contributed by atoms with Crippen LogP contribution in [0.5, 0.6) is 0 Å². The molecule has 0 aromatic heterocycles. The fourth-order valence-corrected chi connectivity index (χ4v) is 8.40. The van der Waals surface area contributed by atoms with Crippen LogP contribution in [0, 0.1) is 22.7 Å². The number of ether oxygens (including phenoxy) is 4. The van der Waals surface area contributed by atoms with Gasteiger partial charge in [-0.2, -0.15) is 0 Å². The number of hydrogen-bond acceptors (Lipinski definition) is 10. The molecule has 3 fully saturated rings. The Kier molecular flexibility index (Phi) is 7.43. The molecular weight excluding hydrogens is 544 g/mol. The Hall–Kier alpha value is -3.08. The van der Waals surface area contributed by atoms with E-state index in [9.17, 15) is 29.4 Å². The average Bonchev–Trinajstić information content (AvgIpc) is 2.91. The van der Waals surface area contributed by atoms with E-state index in [-0.39, 0.29) is 26.1 Å². The standard InChI is InChI=1S/C32H40O10/c1-17-12-13-32(38)21(15-39-28(37)20-10-8-7-9-11-20)26-30(6,22(35)14-23-31(26,16-40-23)42-19(3)34)27(36)25(41-18(2)33)24(17)29(32,4)5/h7-11,21-23,25-26,35,38H,12-16H2,1-6H3/t21?,22-,23+,25+,26?,30+,31-,32+/m0/s1. The highest BCUT2D eigenvalue weighted by atomic mass is 16.6. The Morgan fingerprint density at radius 1 is 1.07 bits per heavy atom. The second-order valence-corrected chi connectivity index (χ2v) is 13.0. The van der Waals surface area contributed by atoms with Crippen LogP contribution >= 0.6 is 0 Å². The summed E-state index contributed by atoms with van der Waals surface area (Å²) in [6, 6.07) is 8.41. The number of Topliss-reactive ketones (excluding diaryl/α,β-unsaturated/α-hetero) is 1. The number of rotatable bonds is 5. The van der Waals surface area contributed by atoms with Crippen LogP contribution in [0.1, 0.15) is 71.2 Å². The quantitative estimate of drug-likeness (QED) is 0.301. The number of ketones is 1. The van der Waals surface area contributed by atoms with E-state index >= 15 is 0 Å². The summed E-state index contributed by atoms with van der Waals surface area (Å²) in [6.07, 6.45) is -2.85. The molecule has 228 valence electrons. The lowest BCUT2D eigenvalue weighted by Gasteiger charge is -2.68. The van der Waals surface area contributed by atoms with Gasteiger partial charge in [-0.3, -0.25) is 14.4 Å². The van der Waals surface area contributed by atoms with E-state index in [0.717, 1.165) is 5.57 Å². The van der Waals surface area contributed by atoms with Gasteiger partial charge < -0.3 is 29.2 Å². The zero-order valence-electron chi connectivity index (χ0n) is 25.0. The van der Waals surface area contributed by atoms with Crippen molar-refractivity contribution >= 4 is 23.7 Å². The highest BCUT2D eigenvalue weighted by molar-refractivity contribution is 5.95. The van der Waals surface area contributed by atoms with Crippen molar-refractivity contribution in [2.45, 2.75) is 90.3 Å². The van der Waals surface area contributed by atoms with Crippen molar-refractivity contribution in [2.75, 3.05) is 13.2 Å². The number of allylic oxidation sites excluding steroid dienone is 1. The van der Waals surface area contributed by atoms with Gasteiger partial charge in [0.1, 0.15) is 6.10 Å². The van der Waals surface area contributed by atoms with Gasteiger partial charge in [-0.15, -0.1) is 0 Å². The third kappa shape index (κ3) is 4.25. The van der Waals surface area contributed by atoms with Crippen molar-refractivity contribution < 1.29 is 48.3 Å². The summed E-state index contributed by atoms with van der Waals surface area (Å²) in [5.74, 6) is -4.52. The van der Waals surface area contributed by atoms with E-state index in [2.05, 4.69) is 0 Å². The van der Waals surface area contributed by atoms with Crippen molar-refractivity contribution in [2.24, 2.45) is 22.7 Å². The molecule has 3 aliphatic carbocycles. The summed E-state index contributed by atoms with van der Waals surface area (Å²) in [7, 11) is 0. The predicted molar refractivity (Wildman–Crippen MR) is 148 cm³/mol. The molecule has 2 saturated carbocycles. The normalized spacial score (nSPS) is 38.6. The molecule has 10 heteroatoms. The maximum absolute atomic E-state index is 14.8. The highest BCUT2D eigenvalue weighted by Crippen LogP contribution is 2.65. The molecule has 10 nitrogen and oxygen atoms in total. The molecule has 2 unspecified atom stereocenters. The minimum Gasteiger partial charge on any atom is -0.462 e. The number of aliphatic hydroxyl groups is 2. The number of esters is 3. The van der Waals surface area contributed by atoms with Crippen LogP contribution in [0.4, 0.5) is 0 Å². The molecule has 2 bridgehead atoms. The zero-order chi connectivity index (χ0) is 30.8. The molecule has 2 N–H and O–H groups in total. The summed E-state index contributed by atoms with van der Waals surface area (Å²) in [5, 5.41) is 24.6. The molecule has 5 rings (SSSR count). The molecule has 1 heterocycles. The lowest BCUT2D eigenvalue weighted by atomic mass is 9.42. The molecule has 0 amide bonds. The minimum atomic E-state index is -1.69. The van der Waals surface area contributed by atoms with Crippen LogP contribution in [0.25, 0.3) is 0 Å². The summed E-state index contributed by atoms with van der Waals surface area (Å²) < 4.78 is 23.4. The molecule has 0 spiro atoms. The van der Waals surface area contributed by atoms with Crippen LogP contribution in [0.15, 0.2) is 41.5 Å². The van der Waals surface area contributed by atoms with Crippen molar-refractivity contribution in [1.29, 1.82) is 0 Å². The number of carbonyl (C=O) groups is 4. The number of hydrogen-bond donors (Lipinski definition) is 2. The topological polar surface area (TPSA) is 146 Å². The van der Waals surface area contributed by atoms with Gasteiger partial charge in [0.05, 0.1) is 35.9 Å². The maximum atomic E-state index is 14.8. The van der Waals surface area contributed by atoms with Crippen molar-refractivity contribution in [1.82, 2.24) is 0 Å². The van der Waals surface area contributed by atoms with Crippen molar-refractivity contribution in [3.05, 3.63) is 47.0 Å². The fourth-order valence-electron chi connectivity index (χ4n) is 8.40. The van der Waals surface area contributed by atoms with Crippen LogP contribution < -0.4 is 0 Å². The molecular formula is C32H40O10. The minimum absolute atomic E-state index is 0.0187. The molecule has 1 aliphatic heterocycles. The molecule has 1 saturated heterocycles. The van der Waals surface area contributed by atoms with Gasteiger partial charge in [0.25, 0.3) is 0 Å². The van der Waals surface area contributed by atoms with Gasteiger partial charge in [-0.1, -0.05) is 37.6 Å². The highest BCUT2D eigenvalue weighted by Gasteiger charge is 2.76. The summed E-state index contributed by atoms with van der Waals surface area (Å²) in [4.78, 5) is 53.0. The van der Waals surface area contributed by atoms with Crippen LogP contribution in [-0.4, -0.2) is 76.6 Å². The Morgan fingerprint density at radius 2 is 1.74 bits per heavy atom. The van der Waals surface area contributed by atoms with E-state index in [1.807, 2.05) is 6.92 Å². The fraction of sp³-hybridized carbons (Fsp3) is 0.625. The molecule has 4 aliphatic rings. The molecule has 1 aromatic rings. The third-order valence-corrected chi connectivity index (χ3v) is 10.5. The number of fused-ring (bicyclic) bond motifs is 5. The van der Waals surface area contributed by atoms with Gasteiger partial charge in [0.2, 0.25) is 0 Å². The lowest BCUT2D eigenvalue weighted by Crippen LogP contribution is -2.80. The second-order valence-electron chi connectivity index (χ2n) is 13.0.